The molecular weight excluding hydrogens is 218 g/mol. The van der Waals surface area contributed by atoms with Crippen molar-refractivity contribution in [2.24, 2.45) is 0 Å². The molecule has 0 saturated carbocycles. The lowest BCUT2D eigenvalue weighted by atomic mass is 10.2. The summed E-state index contributed by atoms with van der Waals surface area (Å²) in [6, 6.07) is 5.39. The molecule has 0 bridgehead atoms. The highest BCUT2D eigenvalue weighted by atomic mass is 35.5. The number of thioether (sulfide) groups is 1. The predicted molar refractivity (Wildman–Crippen MR) is 62.9 cm³/mol. The maximum atomic E-state index is 9.11. The maximum absolute atomic E-state index is 9.11. The number of hydrogen-bond acceptors (Lipinski definition) is 3. The van der Waals surface area contributed by atoms with Gasteiger partial charge >= 0.3 is 0 Å². The van der Waals surface area contributed by atoms with E-state index in [4.69, 9.17) is 22.4 Å². The lowest BCUT2D eigenvalue weighted by molar-refractivity contribution is 0.265. The monoisotopic (exact) mass is 231 g/mol. The van der Waals surface area contributed by atoms with E-state index in [0.29, 0.717) is 10.7 Å². The Hall–Kier alpha value is -0.380. The highest BCUT2D eigenvalue weighted by Gasteiger charge is 2.19. The summed E-state index contributed by atoms with van der Waals surface area (Å²) >= 11 is 7.33. The van der Waals surface area contributed by atoms with Crippen molar-refractivity contribution in [3.05, 3.63) is 23.2 Å². The van der Waals surface area contributed by atoms with Crippen LogP contribution in [0.2, 0.25) is 5.02 Å². The fraction of sp³-hybridized carbons (Fsp3) is 0.400. The van der Waals surface area contributed by atoms with Gasteiger partial charge in [-0.1, -0.05) is 11.6 Å². The van der Waals surface area contributed by atoms with Crippen LogP contribution in [-0.4, -0.2) is 16.5 Å². The number of nitrogens with two attached hydrogens (primary N) is 1. The molecule has 0 aliphatic rings. The second-order valence-electron chi connectivity index (χ2n) is 3.70. The average molecular weight is 232 g/mol. The van der Waals surface area contributed by atoms with Gasteiger partial charge in [-0.3, -0.25) is 0 Å². The van der Waals surface area contributed by atoms with Crippen LogP contribution >= 0.6 is 23.4 Å². The van der Waals surface area contributed by atoms with Crippen LogP contribution in [0.1, 0.15) is 13.8 Å². The molecule has 0 unspecified atom stereocenters. The van der Waals surface area contributed by atoms with E-state index in [1.165, 1.54) is 0 Å². The van der Waals surface area contributed by atoms with Crippen molar-refractivity contribution in [3.63, 3.8) is 0 Å². The molecular formula is C10H14ClNOS. The number of aliphatic hydroxyl groups excluding tert-OH is 1. The minimum absolute atomic E-state index is 0.111. The van der Waals surface area contributed by atoms with Crippen LogP contribution in [0.4, 0.5) is 5.69 Å². The van der Waals surface area contributed by atoms with Gasteiger partial charge in [0.1, 0.15) is 0 Å². The number of halogens is 1. The molecule has 0 fully saturated rings. The zero-order valence-electron chi connectivity index (χ0n) is 8.25. The molecule has 0 atom stereocenters. The fourth-order valence-electron chi connectivity index (χ4n) is 0.942. The predicted octanol–water partition coefficient (Wildman–Crippen LogP) is 2.79. The van der Waals surface area contributed by atoms with Gasteiger partial charge in [0.25, 0.3) is 0 Å². The average Bonchev–Trinajstić information content (AvgIpc) is 2.10. The van der Waals surface area contributed by atoms with Crippen molar-refractivity contribution >= 4 is 29.1 Å². The summed E-state index contributed by atoms with van der Waals surface area (Å²) in [6.45, 7) is 4.04. The number of hydrogen-bond donors (Lipinski definition) is 2. The van der Waals surface area contributed by atoms with Crippen molar-refractivity contribution in [3.8, 4) is 0 Å². The standard InChI is InChI=1S/C10H14ClNOS/c1-10(2,6-13)14-9-4-3-7(11)5-8(9)12/h3-5,13H,6,12H2,1-2H3. The van der Waals surface area contributed by atoms with Gasteiger partial charge in [0.05, 0.1) is 6.61 Å². The molecule has 0 heterocycles. The largest absolute Gasteiger partial charge is 0.398 e. The Morgan fingerprint density at radius 2 is 2.14 bits per heavy atom. The smallest absolute Gasteiger partial charge is 0.0576 e. The molecule has 0 spiro atoms. The molecule has 1 rings (SSSR count). The molecule has 14 heavy (non-hydrogen) atoms. The molecule has 0 amide bonds. The summed E-state index contributed by atoms with van der Waals surface area (Å²) in [5, 5.41) is 9.75. The molecule has 2 nitrogen and oxygen atoms in total. The van der Waals surface area contributed by atoms with Gasteiger partial charge in [-0.2, -0.15) is 0 Å². The third-order valence-electron chi connectivity index (χ3n) is 1.74. The molecule has 0 aromatic heterocycles. The minimum atomic E-state index is -0.220. The van der Waals surface area contributed by atoms with Crippen LogP contribution in [-0.2, 0) is 0 Å². The van der Waals surface area contributed by atoms with Crippen LogP contribution in [0.15, 0.2) is 23.1 Å². The molecule has 0 saturated heterocycles. The SMILES string of the molecule is CC(C)(CO)Sc1ccc(Cl)cc1N. The first-order valence-electron chi connectivity index (χ1n) is 4.29. The zero-order chi connectivity index (χ0) is 10.8. The summed E-state index contributed by atoms with van der Waals surface area (Å²) < 4.78 is -0.220. The van der Waals surface area contributed by atoms with E-state index in [0.717, 1.165) is 4.90 Å². The van der Waals surface area contributed by atoms with Crippen molar-refractivity contribution in [1.82, 2.24) is 0 Å². The van der Waals surface area contributed by atoms with Gasteiger partial charge in [-0.25, -0.2) is 0 Å². The second-order valence-corrected chi connectivity index (χ2v) is 5.89. The lowest BCUT2D eigenvalue weighted by Gasteiger charge is -2.21. The van der Waals surface area contributed by atoms with Crippen molar-refractivity contribution in [2.45, 2.75) is 23.5 Å². The Morgan fingerprint density at radius 1 is 1.50 bits per heavy atom. The van der Waals surface area contributed by atoms with Crippen LogP contribution in [0, 0.1) is 0 Å². The van der Waals surface area contributed by atoms with E-state index in [9.17, 15) is 0 Å². The summed E-state index contributed by atoms with van der Waals surface area (Å²) in [5.41, 5.74) is 6.45. The van der Waals surface area contributed by atoms with Gasteiger partial charge in [0, 0.05) is 20.4 Å². The Bertz CT molecular complexity index is 328. The first-order valence-corrected chi connectivity index (χ1v) is 5.49. The Kier molecular flexibility index (Phi) is 3.70. The van der Waals surface area contributed by atoms with Gasteiger partial charge in [0.2, 0.25) is 0 Å². The molecule has 4 heteroatoms. The van der Waals surface area contributed by atoms with Crippen molar-refractivity contribution < 1.29 is 5.11 Å². The lowest BCUT2D eigenvalue weighted by Crippen LogP contribution is -2.19. The molecule has 3 N–H and O–H groups in total. The van der Waals surface area contributed by atoms with Gasteiger partial charge < -0.3 is 10.8 Å². The van der Waals surface area contributed by atoms with Crippen LogP contribution in [0.5, 0.6) is 0 Å². The summed E-state index contributed by atoms with van der Waals surface area (Å²) in [5.74, 6) is 0. The van der Waals surface area contributed by atoms with Crippen LogP contribution < -0.4 is 5.73 Å². The fourth-order valence-corrected chi connectivity index (χ4v) is 2.10. The first kappa shape index (κ1) is 11.7. The van der Waals surface area contributed by atoms with Gasteiger partial charge in [0.15, 0.2) is 0 Å². The number of aliphatic hydroxyl groups is 1. The molecule has 1 aromatic rings. The first-order chi connectivity index (χ1) is 6.44. The Morgan fingerprint density at radius 3 is 2.64 bits per heavy atom. The third-order valence-corrected chi connectivity index (χ3v) is 3.25. The molecule has 0 radical (unpaired) electrons. The quantitative estimate of drug-likeness (QED) is 0.621. The maximum Gasteiger partial charge on any atom is 0.0576 e. The van der Waals surface area contributed by atoms with Crippen LogP contribution in [0.3, 0.4) is 0 Å². The van der Waals surface area contributed by atoms with E-state index in [2.05, 4.69) is 0 Å². The minimum Gasteiger partial charge on any atom is -0.398 e. The molecule has 0 aliphatic carbocycles. The number of anilines is 1. The van der Waals surface area contributed by atoms with Gasteiger partial charge in [-0.15, -0.1) is 11.8 Å². The Balaban J connectivity index is 2.87. The molecule has 1 aromatic carbocycles. The third kappa shape index (κ3) is 3.08. The summed E-state index contributed by atoms with van der Waals surface area (Å²) in [7, 11) is 0. The zero-order valence-corrected chi connectivity index (χ0v) is 9.82. The number of nitrogen functional groups attached to an aromatic ring is 1. The summed E-state index contributed by atoms with van der Waals surface area (Å²) in [6.07, 6.45) is 0. The van der Waals surface area contributed by atoms with E-state index in [1.54, 1.807) is 23.9 Å². The molecule has 78 valence electrons. The normalized spacial score (nSPS) is 11.7. The number of rotatable bonds is 3. The Labute approximate surface area is 93.5 Å². The second kappa shape index (κ2) is 4.43. The van der Waals surface area contributed by atoms with Crippen molar-refractivity contribution in [1.29, 1.82) is 0 Å². The number of benzene rings is 1. The van der Waals surface area contributed by atoms with Crippen LogP contribution in [0.25, 0.3) is 0 Å². The molecule has 0 aliphatic heterocycles. The topological polar surface area (TPSA) is 46.2 Å². The highest BCUT2D eigenvalue weighted by molar-refractivity contribution is 8.00. The summed E-state index contributed by atoms with van der Waals surface area (Å²) in [4.78, 5) is 0.952. The van der Waals surface area contributed by atoms with E-state index < -0.39 is 0 Å². The van der Waals surface area contributed by atoms with E-state index >= 15 is 0 Å². The highest BCUT2D eigenvalue weighted by Crippen LogP contribution is 2.36. The van der Waals surface area contributed by atoms with E-state index in [-0.39, 0.29) is 11.4 Å². The van der Waals surface area contributed by atoms with E-state index in [1.807, 2.05) is 19.9 Å². The van der Waals surface area contributed by atoms with Crippen molar-refractivity contribution in [2.75, 3.05) is 12.3 Å². The van der Waals surface area contributed by atoms with Gasteiger partial charge in [-0.05, 0) is 32.0 Å².